The van der Waals surface area contributed by atoms with E-state index in [0.29, 0.717) is 12.8 Å². The third-order valence-electron chi connectivity index (χ3n) is 6.17. The summed E-state index contributed by atoms with van der Waals surface area (Å²) in [5.41, 5.74) is 3.80. The quantitative estimate of drug-likeness (QED) is 0.851. The van der Waals surface area contributed by atoms with E-state index in [2.05, 4.69) is 37.4 Å². The molecule has 2 fully saturated rings. The molecule has 5 nitrogen and oxygen atoms in total. The van der Waals surface area contributed by atoms with Gasteiger partial charge in [0.2, 0.25) is 0 Å². The van der Waals surface area contributed by atoms with Crippen molar-refractivity contribution in [2.45, 2.75) is 70.9 Å². The number of nitrogens with one attached hydrogen (secondary N) is 1. The minimum absolute atomic E-state index is 0.00869. The predicted octanol–water partition coefficient (Wildman–Crippen LogP) is 4.18. The molecule has 2 amide bonds. The second kappa shape index (κ2) is 8.11. The second-order valence-corrected chi connectivity index (χ2v) is 7.83. The molecule has 2 N–H and O–H groups in total. The maximum Gasteiger partial charge on any atom is 0.318 e. The van der Waals surface area contributed by atoms with Crippen LogP contribution in [-0.4, -0.2) is 34.6 Å². The van der Waals surface area contributed by atoms with E-state index in [9.17, 15) is 9.59 Å². The number of hydrogen-bond donors (Lipinski definition) is 2. The molecule has 0 spiro atoms. The summed E-state index contributed by atoms with van der Waals surface area (Å²) in [5.74, 6) is -0.957. The Balaban J connectivity index is 1.67. The number of hydrogen-bond acceptors (Lipinski definition) is 2. The van der Waals surface area contributed by atoms with Crippen molar-refractivity contribution in [3.05, 3.63) is 34.9 Å². The molecular formula is C21H30N2O3. The van der Waals surface area contributed by atoms with Crippen molar-refractivity contribution in [1.82, 2.24) is 10.2 Å². The number of benzene rings is 1. The molecule has 142 valence electrons. The Kier molecular flexibility index (Phi) is 5.84. The number of urea groups is 1. The Morgan fingerprint density at radius 1 is 1.08 bits per heavy atom. The van der Waals surface area contributed by atoms with Crippen LogP contribution in [0.2, 0.25) is 0 Å². The van der Waals surface area contributed by atoms with Crippen molar-refractivity contribution < 1.29 is 14.7 Å². The number of carboxylic acids is 1. The Bertz CT molecular complexity index is 665. The first-order valence-electron chi connectivity index (χ1n) is 9.83. The number of amides is 2. The van der Waals surface area contributed by atoms with Crippen LogP contribution in [0.4, 0.5) is 4.79 Å². The molecule has 1 saturated carbocycles. The van der Waals surface area contributed by atoms with Gasteiger partial charge in [0.15, 0.2) is 0 Å². The molecular weight excluding hydrogens is 328 g/mol. The molecule has 1 aromatic carbocycles. The highest BCUT2D eigenvalue weighted by Crippen LogP contribution is 2.34. The van der Waals surface area contributed by atoms with E-state index in [1.165, 1.54) is 16.7 Å². The summed E-state index contributed by atoms with van der Waals surface area (Å²) in [7, 11) is 0. The molecule has 1 aliphatic carbocycles. The fourth-order valence-electron chi connectivity index (χ4n) is 4.37. The average Bonchev–Trinajstić information content (AvgIpc) is 2.64. The number of carbonyl (C=O) groups is 2. The fraction of sp³-hybridized carbons (Fsp3) is 0.619. The van der Waals surface area contributed by atoms with Crippen molar-refractivity contribution in [2.24, 2.45) is 5.92 Å². The summed E-state index contributed by atoms with van der Waals surface area (Å²) >= 11 is 0. The average molecular weight is 358 g/mol. The van der Waals surface area contributed by atoms with Crippen LogP contribution in [0.15, 0.2) is 18.2 Å². The van der Waals surface area contributed by atoms with Gasteiger partial charge in [0.25, 0.3) is 0 Å². The zero-order chi connectivity index (χ0) is 18.7. The van der Waals surface area contributed by atoms with Crippen molar-refractivity contribution in [3.63, 3.8) is 0 Å². The summed E-state index contributed by atoms with van der Waals surface area (Å²) < 4.78 is 0. The Hall–Kier alpha value is -2.04. The minimum atomic E-state index is -0.708. The molecule has 5 heteroatoms. The molecule has 1 aromatic rings. The highest BCUT2D eigenvalue weighted by Gasteiger charge is 2.32. The van der Waals surface area contributed by atoms with Crippen LogP contribution in [0.3, 0.4) is 0 Å². The Morgan fingerprint density at radius 3 is 2.50 bits per heavy atom. The van der Waals surface area contributed by atoms with Gasteiger partial charge in [-0.05, 0) is 75.5 Å². The van der Waals surface area contributed by atoms with E-state index in [1.54, 1.807) is 0 Å². The van der Waals surface area contributed by atoms with Gasteiger partial charge in [-0.2, -0.15) is 0 Å². The van der Waals surface area contributed by atoms with E-state index < -0.39 is 5.97 Å². The third-order valence-corrected chi connectivity index (χ3v) is 6.17. The van der Waals surface area contributed by atoms with E-state index in [1.807, 2.05) is 4.90 Å². The van der Waals surface area contributed by atoms with E-state index >= 15 is 0 Å². The maximum atomic E-state index is 13.0. The zero-order valence-corrected chi connectivity index (χ0v) is 15.8. The molecule has 1 aliphatic heterocycles. The van der Waals surface area contributed by atoms with Gasteiger partial charge in [-0.25, -0.2) is 4.79 Å². The minimum Gasteiger partial charge on any atom is -0.481 e. The normalized spacial score (nSPS) is 26.4. The lowest BCUT2D eigenvalue weighted by atomic mass is 9.86. The molecule has 26 heavy (non-hydrogen) atoms. The largest absolute Gasteiger partial charge is 0.481 e. The third kappa shape index (κ3) is 4.02. The molecule has 0 bridgehead atoms. The summed E-state index contributed by atoms with van der Waals surface area (Å²) in [4.78, 5) is 26.0. The molecule has 0 radical (unpaired) electrons. The number of rotatable bonds is 3. The summed E-state index contributed by atoms with van der Waals surface area (Å²) in [6, 6.07) is 6.59. The van der Waals surface area contributed by atoms with Gasteiger partial charge in [-0.3, -0.25) is 4.79 Å². The van der Waals surface area contributed by atoms with Crippen LogP contribution < -0.4 is 5.32 Å². The molecule has 1 atom stereocenters. The van der Waals surface area contributed by atoms with Gasteiger partial charge in [0.05, 0.1) is 12.0 Å². The summed E-state index contributed by atoms with van der Waals surface area (Å²) in [6.07, 6.45) is 6.01. The molecule has 1 saturated heterocycles. The van der Waals surface area contributed by atoms with E-state index in [-0.39, 0.29) is 24.0 Å². The number of nitrogens with zero attached hydrogens (tertiary/aromatic N) is 1. The lowest BCUT2D eigenvalue weighted by Crippen LogP contribution is -2.49. The van der Waals surface area contributed by atoms with Crippen molar-refractivity contribution in [1.29, 1.82) is 0 Å². The van der Waals surface area contributed by atoms with Gasteiger partial charge >= 0.3 is 12.0 Å². The first-order valence-corrected chi connectivity index (χ1v) is 9.83. The van der Waals surface area contributed by atoms with E-state index in [0.717, 1.165) is 38.6 Å². The Labute approximate surface area is 155 Å². The summed E-state index contributed by atoms with van der Waals surface area (Å²) in [6.45, 7) is 5.05. The number of carbonyl (C=O) groups excluding carboxylic acids is 1. The molecule has 1 unspecified atom stereocenters. The number of carboxylic acid groups (broad SMARTS) is 1. The first kappa shape index (κ1) is 18.7. The highest BCUT2D eigenvalue weighted by atomic mass is 16.4. The van der Waals surface area contributed by atoms with Crippen LogP contribution >= 0.6 is 0 Å². The topological polar surface area (TPSA) is 69.6 Å². The number of piperidine rings is 1. The van der Waals surface area contributed by atoms with Crippen molar-refractivity contribution in [3.8, 4) is 0 Å². The molecule has 1 heterocycles. The maximum absolute atomic E-state index is 13.0. The van der Waals surface area contributed by atoms with Crippen LogP contribution in [0.5, 0.6) is 0 Å². The lowest BCUT2D eigenvalue weighted by Gasteiger charge is -2.38. The van der Waals surface area contributed by atoms with Crippen LogP contribution in [-0.2, 0) is 4.79 Å². The van der Waals surface area contributed by atoms with Gasteiger partial charge < -0.3 is 15.3 Å². The molecule has 3 rings (SSSR count). The first-order chi connectivity index (χ1) is 12.5. The summed E-state index contributed by atoms with van der Waals surface area (Å²) in [5, 5.41) is 12.3. The van der Waals surface area contributed by atoms with Crippen LogP contribution in [0.25, 0.3) is 0 Å². The van der Waals surface area contributed by atoms with Gasteiger partial charge in [0, 0.05) is 12.6 Å². The second-order valence-electron chi connectivity index (χ2n) is 7.83. The standard InChI is InChI=1S/C21H30N2O3/c1-14-6-5-7-18(15(14)2)19-8-3-4-13-23(19)21(26)22-17-11-9-16(10-12-17)20(24)25/h5-7,16-17,19H,3-4,8-13H2,1-2H3,(H,22,26)(H,24,25). The Morgan fingerprint density at radius 2 is 1.81 bits per heavy atom. The number of likely N-dealkylation sites (tertiary alicyclic amines) is 1. The van der Waals surface area contributed by atoms with Gasteiger partial charge in [-0.15, -0.1) is 0 Å². The van der Waals surface area contributed by atoms with Crippen molar-refractivity contribution >= 4 is 12.0 Å². The SMILES string of the molecule is Cc1cccc(C2CCCCN2C(=O)NC2CCC(C(=O)O)CC2)c1C. The van der Waals surface area contributed by atoms with Crippen molar-refractivity contribution in [2.75, 3.05) is 6.54 Å². The van der Waals surface area contributed by atoms with E-state index in [4.69, 9.17) is 5.11 Å². The molecule has 2 aliphatic rings. The highest BCUT2D eigenvalue weighted by molar-refractivity contribution is 5.75. The number of aryl methyl sites for hydroxylation is 1. The van der Waals surface area contributed by atoms with Crippen LogP contribution in [0, 0.1) is 19.8 Å². The monoisotopic (exact) mass is 358 g/mol. The van der Waals surface area contributed by atoms with Gasteiger partial charge in [0.1, 0.15) is 0 Å². The predicted molar refractivity (Wildman–Crippen MR) is 101 cm³/mol. The smallest absolute Gasteiger partial charge is 0.318 e. The number of aliphatic carboxylic acids is 1. The van der Waals surface area contributed by atoms with Crippen LogP contribution in [0.1, 0.15) is 67.7 Å². The molecule has 0 aromatic heterocycles. The van der Waals surface area contributed by atoms with Gasteiger partial charge in [-0.1, -0.05) is 18.2 Å². The fourth-order valence-corrected chi connectivity index (χ4v) is 4.37. The zero-order valence-electron chi connectivity index (χ0n) is 15.8. The lowest BCUT2D eigenvalue weighted by molar-refractivity contribution is -0.142.